The third-order valence-corrected chi connectivity index (χ3v) is 4.87. The average molecular weight is 361 g/mol. The van der Waals surface area contributed by atoms with Gasteiger partial charge in [-0.2, -0.15) is 0 Å². The molecule has 0 aliphatic carbocycles. The minimum Gasteiger partial charge on any atom is -0.379 e. The molecule has 0 spiro atoms. The Morgan fingerprint density at radius 3 is 2.23 bits per heavy atom. The Kier molecular flexibility index (Phi) is 6.78. The first-order chi connectivity index (χ1) is 12.2. The van der Waals surface area contributed by atoms with Crippen LogP contribution in [0, 0.1) is 26.2 Å². The van der Waals surface area contributed by atoms with E-state index in [0.717, 1.165) is 55.2 Å². The molecule has 1 heterocycles. The van der Waals surface area contributed by atoms with E-state index in [2.05, 4.69) is 15.5 Å². The number of carbonyl (C=O) groups is 2. The van der Waals surface area contributed by atoms with Crippen LogP contribution in [0.3, 0.4) is 0 Å². The fraction of sp³-hybridized carbons (Fsp3) is 0.600. The Labute approximate surface area is 156 Å². The molecule has 2 N–H and O–H groups in total. The van der Waals surface area contributed by atoms with Crippen LogP contribution in [0.15, 0.2) is 12.1 Å². The summed E-state index contributed by atoms with van der Waals surface area (Å²) in [5.41, 5.74) is 2.79. The highest BCUT2D eigenvalue weighted by atomic mass is 16.5. The summed E-state index contributed by atoms with van der Waals surface area (Å²) in [6, 6.07) is 4.05. The van der Waals surface area contributed by atoms with E-state index in [4.69, 9.17) is 4.74 Å². The first-order valence-electron chi connectivity index (χ1n) is 9.19. The van der Waals surface area contributed by atoms with Gasteiger partial charge >= 0.3 is 0 Å². The molecule has 144 valence electrons. The number of hydrogen-bond acceptors (Lipinski definition) is 4. The van der Waals surface area contributed by atoms with E-state index in [0.29, 0.717) is 6.54 Å². The number of nitrogens with one attached hydrogen (secondary N) is 2. The van der Waals surface area contributed by atoms with Crippen LogP contribution < -0.4 is 10.6 Å². The fourth-order valence-corrected chi connectivity index (χ4v) is 3.12. The molecular formula is C20H31N3O3. The summed E-state index contributed by atoms with van der Waals surface area (Å²) in [4.78, 5) is 27.5. The van der Waals surface area contributed by atoms with Crippen LogP contribution >= 0.6 is 0 Å². The molecule has 1 aliphatic rings. The molecule has 1 aliphatic heterocycles. The van der Waals surface area contributed by atoms with Gasteiger partial charge < -0.3 is 15.4 Å². The standard InChI is InChI=1S/C20H31N3O3/c1-14-12-15(2)17(16(3)13-14)22-19(25)20(4,5)18(24)21-6-7-23-8-10-26-11-9-23/h12-13H,6-11H2,1-5H3,(H,21,24)(H,22,25). The predicted octanol–water partition coefficient (Wildman–Crippen LogP) is 2.02. The highest BCUT2D eigenvalue weighted by Gasteiger charge is 2.36. The molecule has 2 rings (SSSR count). The van der Waals surface area contributed by atoms with Crippen molar-refractivity contribution < 1.29 is 14.3 Å². The molecule has 1 saturated heterocycles. The van der Waals surface area contributed by atoms with Gasteiger partial charge in [0.1, 0.15) is 5.41 Å². The molecule has 0 bridgehead atoms. The van der Waals surface area contributed by atoms with Gasteiger partial charge in [-0.05, 0) is 45.7 Å². The van der Waals surface area contributed by atoms with Crippen LogP contribution in [0.5, 0.6) is 0 Å². The number of aryl methyl sites for hydroxylation is 3. The molecule has 26 heavy (non-hydrogen) atoms. The molecule has 1 aromatic carbocycles. The Balaban J connectivity index is 1.92. The van der Waals surface area contributed by atoms with Crippen molar-refractivity contribution >= 4 is 17.5 Å². The van der Waals surface area contributed by atoms with Gasteiger partial charge in [0.2, 0.25) is 11.8 Å². The highest BCUT2D eigenvalue weighted by molar-refractivity contribution is 6.10. The van der Waals surface area contributed by atoms with Crippen LogP contribution in [-0.4, -0.2) is 56.1 Å². The van der Waals surface area contributed by atoms with Gasteiger partial charge in [0.05, 0.1) is 13.2 Å². The summed E-state index contributed by atoms with van der Waals surface area (Å²) in [5, 5.41) is 5.83. The van der Waals surface area contributed by atoms with Crippen molar-refractivity contribution in [2.45, 2.75) is 34.6 Å². The fourth-order valence-electron chi connectivity index (χ4n) is 3.12. The molecule has 1 aromatic rings. The van der Waals surface area contributed by atoms with Gasteiger partial charge in [-0.1, -0.05) is 17.7 Å². The van der Waals surface area contributed by atoms with Gasteiger partial charge in [-0.15, -0.1) is 0 Å². The molecule has 2 amide bonds. The van der Waals surface area contributed by atoms with Crippen molar-refractivity contribution in [2.24, 2.45) is 5.41 Å². The van der Waals surface area contributed by atoms with Gasteiger partial charge in [0.25, 0.3) is 0 Å². The lowest BCUT2D eigenvalue weighted by molar-refractivity contribution is -0.138. The van der Waals surface area contributed by atoms with Gasteiger partial charge in [0.15, 0.2) is 0 Å². The zero-order valence-corrected chi connectivity index (χ0v) is 16.6. The summed E-state index contributed by atoms with van der Waals surface area (Å²) in [6.07, 6.45) is 0. The van der Waals surface area contributed by atoms with Crippen molar-refractivity contribution in [1.29, 1.82) is 0 Å². The summed E-state index contributed by atoms with van der Waals surface area (Å²) in [6.45, 7) is 13.8. The first-order valence-corrected chi connectivity index (χ1v) is 9.19. The number of benzene rings is 1. The third-order valence-electron chi connectivity index (χ3n) is 4.87. The molecule has 0 saturated carbocycles. The summed E-state index contributed by atoms with van der Waals surface area (Å²) in [5.74, 6) is -0.554. The maximum atomic E-state index is 12.7. The molecule has 0 unspecified atom stereocenters. The maximum absolute atomic E-state index is 12.7. The Bertz CT molecular complexity index is 641. The summed E-state index contributed by atoms with van der Waals surface area (Å²) in [7, 11) is 0. The van der Waals surface area contributed by atoms with Crippen LogP contribution in [0.1, 0.15) is 30.5 Å². The largest absolute Gasteiger partial charge is 0.379 e. The topological polar surface area (TPSA) is 70.7 Å². The van der Waals surface area contributed by atoms with Crippen LogP contribution in [0.25, 0.3) is 0 Å². The van der Waals surface area contributed by atoms with Crippen molar-refractivity contribution in [1.82, 2.24) is 10.2 Å². The second kappa shape index (κ2) is 8.64. The minimum absolute atomic E-state index is 0.259. The molecule has 0 atom stereocenters. The van der Waals surface area contributed by atoms with Crippen molar-refractivity contribution in [2.75, 3.05) is 44.7 Å². The second-order valence-corrected chi connectivity index (χ2v) is 7.56. The zero-order valence-electron chi connectivity index (χ0n) is 16.6. The van der Waals surface area contributed by atoms with E-state index in [1.807, 2.05) is 32.9 Å². The Morgan fingerprint density at radius 2 is 1.65 bits per heavy atom. The number of anilines is 1. The van der Waals surface area contributed by atoms with Gasteiger partial charge in [0, 0.05) is 31.9 Å². The van der Waals surface area contributed by atoms with Gasteiger partial charge in [-0.3, -0.25) is 14.5 Å². The lowest BCUT2D eigenvalue weighted by atomic mass is 9.90. The highest BCUT2D eigenvalue weighted by Crippen LogP contribution is 2.25. The monoisotopic (exact) mass is 361 g/mol. The molecular weight excluding hydrogens is 330 g/mol. The van der Waals surface area contributed by atoms with Gasteiger partial charge in [-0.25, -0.2) is 0 Å². The number of morpholine rings is 1. The molecule has 0 radical (unpaired) electrons. The Hall–Kier alpha value is -1.92. The molecule has 1 fully saturated rings. The number of hydrogen-bond donors (Lipinski definition) is 2. The molecule has 6 nitrogen and oxygen atoms in total. The normalized spacial score (nSPS) is 15.6. The van der Waals surface area contributed by atoms with E-state index >= 15 is 0 Å². The van der Waals surface area contributed by atoms with Crippen LogP contribution in [0.4, 0.5) is 5.69 Å². The summed E-state index contributed by atoms with van der Waals surface area (Å²) >= 11 is 0. The van der Waals surface area contributed by atoms with Crippen LogP contribution in [0.2, 0.25) is 0 Å². The van der Waals surface area contributed by atoms with E-state index in [1.54, 1.807) is 13.8 Å². The van der Waals surface area contributed by atoms with Crippen LogP contribution in [-0.2, 0) is 14.3 Å². The molecule has 0 aromatic heterocycles. The SMILES string of the molecule is Cc1cc(C)c(NC(=O)C(C)(C)C(=O)NCCN2CCOCC2)c(C)c1. The number of ether oxygens (including phenoxy) is 1. The van der Waals surface area contributed by atoms with E-state index < -0.39 is 5.41 Å². The Morgan fingerprint density at radius 1 is 1.08 bits per heavy atom. The van der Waals surface area contributed by atoms with Crippen molar-refractivity contribution in [3.8, 4) is 0 Å². The van der Waals surface area contributed by atoms with E-state index in [1.165, 1.54) is 0 Å². The maximum Gasteiger partial charge on any atom is 0.239 e. The molecule has 6 heteroatoms. The second-order valence-electron chi connectivity index (χ2n) is 7.56. The summed E-state index contributed by atoms with van der Waals surface area (Å²) < 4.78 is 5.31. The average Bonchev–Trinajstić information content (AvgIpc) is 2.58. The zero-order chi connectivity index (χ0) is 19.3. The van der Waals surface area contributed by atoms with E-state index in [-0.39, 0.29) is 11.8 Å². The third kappa shape index (κ3) is 5.05. The first kappa shape index (κ1) is 20.4. The minimum atomic E-state index is -1.14. The smallest absolute Gasteiger partial charge is 0.239 e. The number of nitrogens with zero attached hydrogens (tertiary/aromatic N) is 1. The lowest BCUT2D eigenvalue weighted by Gasteiger charge is -2.28. The lowest BCUT2D eigenvalue weighted by Crippen LogP contribution is -2.48. The number of rotatable bonds is 6. The number of carbonyl (C=O) groups excluding carboxylic acids is 2. The number of amides is 2. The predicted molar refractivity (Wildman–Crippen MR) is 103 cm³/mol. The van der Waals surface area contributed by atoms with E-state index in [9.17, 15) is 9.59 Å². The van der Waals surface area contributed by atoms with Crippen molar-refractivity contribution in [3.63, 3.8) is 0 Å². The van der Waals surface area contributed by atoms with Crippen molar-refractivity contribution in [3.05, 3.63) is 28.8 Å². The quantitative estimate of drug-likeness (QED) is 0.761.